The molecule has 40 heavy (non-hydrogen) atoms. The van der Waals surface area contributed by atoms with Gasteiger partial charge in [0.25, 0.3) is 0 Å². The number of hydrogen-bond acceptors (Lipinski definition) is 0. The van der Waals surface area contributed by atoms with Crippen molar-refractivity contribution in [3.8, 4) is 33.4 Å². The summed E-state index contributed by atoms with van der Waals surface area (Å²) in [6.07, 6.45) is 7.94. The predicted octanol–water partition coefficient (Wildman–Crippen LogP) is 10.9. The van der Waals surface area contributed by atoms with Crippen LogP contribution >= 0.6 is 0 Å². The van der Waals surface area contributed by atoms with E-state index in [-0.39, 0.29) is 31.6 Å². The molecular weight excluding hydrogens is 560 g/mol. The summed E-state index contributed by atoms with van der Waals surface area (Å²) in [6, 6.07) is 23.8. The van der Waals surface area contributed by atoms with E-state index in [9.17, 15) is 0 Å². The van der Waals surface area contributed by atoms with Gasteiger partial charge in [-0.1, -0.05) is 97.3 Å². The van der Waals surface area contributed by atoms with Crippen molar-refractivity contribution < 1.29 is 26.2 Å². The van der Waals surface area contributed by atoms with Gasteiger partial charge in [0.05, 0.1) is 0 Å². The van der Waals surface area contributed by atoms with E-state index in [1.807, 2.05) is 0 Å². The van der Waals surface area contributed by atoms with Crippen molar-refractivity contribution in [1.29, 1.82) is 0 Å². The Morgan fingerprint density at radius 2 is 1.02 bits per heavy atom. The van der Waals surface area contributed by atoms with Crippen LogP contribution in [0.5, 0.6) is 0 Å². The Kier molecular flexibility index (Phi) is 7.60. The van der Waals surface area contributed by atoms with Gasteiger partial charge in [0, 0.05) is 32.1 Å². The van der Waals surface area contributed by atoms with Crippen molar-refractivity contribution in [2.75, 3.05) is 0 Å². The third-order valence-electron chi connectivity index (χ3n) is 9.27. The third kappa shape index (κ3) is 4.65. The number of benzene rings is 4. The average molecular weight is 600 g/mol. The molecule has 0 aliphatic heterocycles. The maximum absolute atomic E-state index is 2.51. The second-order valence-corrected chi connectivity index (χ2v) is 12.6. The van der Waals surface area contributed by atoms with Gasteiger partial charge in [-0.25, -0.2) is 0 Å². The number of fused-ring (bicyclic) bond motifs is 3. The summed E-state index contributed by atoms with van der Waals surface area (Å²) in [4.78, 5) is 0. The first-order valence-corrected chi connectivity index (χ1v) is 14.4. The van der Waals surface area contributed by atoms with E-state index in [1.54, 1.807) is 0 Å². The van der Waals surface area contributed by atoms with Gasteiger partial charge < -0.3 is 0 Å². The van der Waals surface area contributed by atoms with Crippen LogP contribution in [-0.4, -0.2) is 0 Å². The molecule has 0 heterocycles. The largest absolute Gasteiger partial charge is 0.0804 e. The van der Waals surface area contributed by atoms with E-state index < -0.39 is 0 Å². The van der Waals surface area contributed by atoms with Crippen molar-refractivity contribution in [2.45, 2.75) is 67.7 Å². The first-order valence-electron chi connectivity index (χ1n) is 14.4. The standard InChI is InChI=1S/C39H40.Zr/c1-23-17-25(3)36(26(4)18-23)29-13-15-32-33-16-14-30(37-27(5)19-24(2)20-28(37)6)22-35(33)38(34(32)21-29)39(7,8)31-11-9-10-12-31;/h9-11,13-22,38H,12H2,1-8H3;. The molecule has 4 aromatic rings. The van der Waals surface area contributed by atoms with Crippen molar-refractivity contribution in [3.05, 3.63) is 129 Å². The number of aryl methyl sites for hydroxylation is 6. The monoisotopic (exact) mass is 598 g/mol. The van der Waals surface area contributed by atoms with Crippen molar-refractivity contribution in [3.63, 3.8) is 0 Å². The summed E-state index contributed by atoms with van der Waals surface area (Å²) in [5.74, 6) is 0.297. The molecule has 2 aliphatic rings. The zero-order chi connectivity index (χ0) is 27.6. The fraction of sp³-hybridized carbons (Fsp3) is 0.282. The minimum atomic E-state index is -0.00449. The first-order chi connectivity index (χ1) is 18.6. The zero-order valence-corrected chi connectivity index (χ0v) is 27.7. The molecule has 0 bridgehead atoms. The van der Waals surface area contributed by atoms with Gasteiger partial charge in [-0.3, -0.25) is 0 Å². The molecule has 0 spiro atoms. The number of hydrogen-bond donors (Lipinski definition) is 0. The smallest absolute Gasteiger partial charge is 0.0191 e. The quantitative estimate of drug-likeness (QED) is 0.219. The second kappa shape index (κ2) is 10.6. The summed E-state index contributed by atoms with van der Waals surface area (Å²) in [5, 5.41) is 0. The Bertz CT molecular complexity index is 1560. The first kappa shape index (κ1) is 28.8. The average Bonchev–Trinajstić information content (AvgIpc) is 3.50. The summed E-state index contributed by atoms with van der Waals surface area (Å²) in [6.45, 7) is 18.3. The Hall–Kier alpha value is -2.76. The zero-order valence-electron chi connectivity index (χ0n) is 25.3. The van der Waals surface area contributed by atoms with Crippen LogP contribution in [0.15, 0.2) is 84.5 Å². The third-order valence-corrected chi connectivity index (χ3v) is 9.27. The van der Waals surface area contributed by atoms with Crippen LogP contribution in [0.2, 0.25) is 0 Å². The van der Waals surface area contributed by atoms with Crippen LogP contribution in [0.4, 0.5) is 0 Å². The Morgan fingerprint density at radius 3 is 1.40 bits per heavy atom. The van der Waals surface area contributed by atoms with E-state index in [4.69, 9.17) is 0 Å². The fourth-order valence-corrected chi connectivity index (χ4v) is 7.73. The van der Waals surface area contributed by atoms with Gasteiger partial charge in [0.2, 0.25) is 0 Å². The maximum atomic E-state index is 2.51. The van der Waals surface area contributed by atoms with Crippen LogP contribution in [-0.2, 0) is 26.2 Å². The molecule has 1 heteroatoms. The van der Waals surface area contributed by atoms with Crippen LogP contribution < -0.4 is 0 Å². The van der Waals surface area contributed by atoms with Crippen molar-refractivity contribution in [1.82, 2.24) is 0 Å². The molecule has 0 fully saturated rings. The molecule has 200 valence electrons. The van der Waals surface area contributed by atoms with Gasteiger partial charge in [0.1, 0.15) is 0 Å². The van der Waals surface area contributed by atoms with Gasteiger partial charge in [-0.15, -0.1) is 0 Å². The molecule has 0 nitrogen and oxygen atoms in total. The molecule has 0 saturated heterocycles. The summed E-state index contributed by atoms with van der Waals surface area (Å²) >= 11 is 0. The van der Waals surface area contributed by atoms with Crippen LogP contribution in [0.3, 0.4) is 0 Å². The van der Waals surface area contributed by atoms with Crippen LogP contribution in [0.1, 0.15) is 70.7 Å². The van der Waals surface area contributed by atoms with E-state index in [2.05, 4.69) is 134 Å². The van der Waals surface area contributed by atoms with E-state index in [0.29, 0.717) is 5.92 Å². The summed E-state index contributed by atoms with van der Waals surface area (Å²) < 4.78 is 0. The number of allylic oxidation sites excluding steroid dienone is 4. The summed E-state index contributed by atoms with van der Waals surface area (Å²) in [5.41, 5.74) is 20.7. The molecule has 0 amide bonds. The molecular formula is C39H40Zr. The molecule has 0 radical (unpaired) electrons. The normalized spacial score (nSPS) is 14.2. The van der Waals surface area contributed by atoms with Gasteiger partial charge in [0.15, 0.2) is 0 Å². The Morgan fingerprint density at radius 1 is 0.600 bits per heavy atom. The van der Waals surface area contributed by atoms with Gasteiger partial charge in [-0.05, 0) is 132 Å². The predicted molar refractivity (Wildman–Crippen MR) is 169 cm³/mol. The minimum Gasteiger partial charge on any atom is -0.0804 e. The van der Waals surface area contributed by atoms with Crippen LogP contribution in [0.25, 0.3) is 33.4 Å². The van der Waals surface area contributed by atoms with Gasteiger partial charge in [-0.2, -0.15) is 0 Å². The topological polar surface area (TPSA) is 0 Å². The molecule has 0 aromatic heterocycles. The fourth-order valence-electron chi connectivity index (χ4n) is 7.73. The van der Waals surface area contributed by atoms with E-state index in [1.165, 1.54) is 83.5 Å². The molecule has 0 unspecified atom stereocenters. The molecule has 6 rings (SSSR count). The van der Waals surface area contributed by atoms with E-state index >= 15 is 0 Å². The molecule has 4 aromatic carbocycles. The van der Waals surface area contributed by atoms with Crippen LogP contribution in [0, 0.1) is 47.0 Å². The summed E-state index contributed by atoms with van der Waals surface area (Å²) in [7, 11) is 0. The Labute approximate surface area is 260 Å². The Balaban J connectivity index is 0.00000323. The maximum Gasteiger partial charge on any atom is 0.0191 e. The van der Waals surface area contributed by atoms with Gasteiger partial charge >= 0.3 is 0 Å². The van der Waals surface area contributed by atoms with E-state index in [0.717, 1.165) is 6.42 Å². The molecule has 0 N–H and O–H groups in total. The molecule has 2 aliphatic carbocycles. The molecule has 0 atom stereocenters. The SMILES string of the molecule is Cc1cc(C)c(-c2ccc3c(c2)C(C(C)(C)C2=CC=CC2)c2cc(-c4c(C)cc(C)cc4C)ccc2-3)c(C)c1.[Zr]. The molecule has 0 saturated carbocycles. The number of rotatable bonds is 4. The second-order valence-electron chi connectivity index (χ2n) is 12.6. The minimum absolute atomic E-state index is 0. The van der Waals surface area contributed by atoms with Crippen molar-refractivity contribution >= 4 is 0 Å². The van der Waals surface area contributed by atoms with Crippen molar-refractivity contribution in [2.24, 2.45) is 5.41 Å².